The van der Waals surface area contributed by atoms with Crippen LogP contribution in [-0.2, 0) is 41.6 Å². The molecule has 0 aliphatic carbocycles. The fourth-order valence-electron chi connectivity index (χ4n) is 10.6. The summed E-state index contributed by atoms with van der Waals surface area (Å²) in [5.41, 5.74) is 0. The Hall–Kier alpha value is -1.31. The molecule has 82 heavy (non-hydrogen) atoms. The van der Waals surface area contributed by atoms with E-state index >= 15 is 0 Å². The SMILES string of the molecule is CCCCCCCCCCCCCCCCCC(=O)[O-].CCCCCCCCCCCCCCCCCC(=O)[O-].CCCCCCCCCCCCCCCCCC(=O)[O-].CCCCCCCCCCCCCCCCCC(=O)[O-].[Ag+].[B+3]. The third-order valence-electron chi connectivity index (χ3n) is 15.9. The fraction of sp³-hybridized carbons (Fsp3) is 0.944. The molecule has 0 aromatic heterocycles. The third-order valence-corrected chi connectivity index (χ3v) is 15.9. The predicted molar refractivity (Wildman–Crippen MR) is 344 cm³/mol. The zero-order valence-electron chi connectivity index (χ0n) is 55.4. The van der Waals surface area contributed by atoms with Crippen molar-refractivity contribution in [1.82, 2.24) is 0 Å². The Kier molecular flexibility index (Phi) is 99.1. The molecule has 0 spiro atoms. The van der Waals surface area contributed by atoms with Crippen LogP contribution in [0.25, 0.3) is 0 Å². The van der Waals surface area contributed by atoms with Gasteiger partial charge in [0.25, 0.3) is 0 Å². The predicted octanol–water partition coefficient (Wildman–Crippen LogP) is 19.6. The van der Waals surface area contributed by atoms with E-state index in [4.69, 9.17) is 0 Å². The van der Waals surface area contributed by atoms with Crippen LogP contribution in [0.15, 0.2) is 0 Å². The Morgan fingerprint density at radius 2 is 0.244 bits per heavy atom. The minimum Gasteiger partial charge on any atom is -0.550 e. The number of unbranched alkanes of at least 4 members (excludes halogenated alkanes) is 56. The molecule has 0 fully saturated rings. The molecule has 0 N–H and O–H groups in total. The number of carboxylic acid groups (broad SMARTS) is 4. The second kappa shape index (κ2) is 88.4. The van der Waals surface area contributed by atoms with Crippen LogP contribution in [0.4, 0.5) is 0 Å². The van der Waals surface area contributed by atoms with Gasteiger partial charge in [-0.2, -0.15) is 0 Å². The van der Waals surface area contributed by atoms with Crippen molar-refractivity contribution in [3.63, 3.8) is 0 Å². The van der Waals surface area contributed by atoms with Gasteiger partial charge in [0.1, 0.15) is 0 Å². The van der Waals surface area contributed by atoms with E-state index in [0.29, 0.717) is 0 Å². The standard InChI is InChI=1S/4C18H36O2.Ag.B/c4*1-2-3-4-5-6-7-8-9-10-11-12-13-14-15-16-17-18(19)20;;/h4*2-17H2,1H3,(H,19,20);;/q;;;;+1;+3/p-4. The van der Waals surface area contributed by atoms with Crippen molar-refractivity contribution in [1.29, 1.82) is 0 Å². The van der Waals surface area contributed by atoms with Crippen LogP contribution in [0.1, 0.15) is 439 Å². The third kappa shape index (κ3) is 107. The van der Waals surface area contributed by atoms with Gasteiger partial charge in [0.05, 0.1) is 0 Å². The summed E-state index contributed by atoms with van der Waals surface area (Å²) in [5.74, 6) is -3.61. The summed E-state index contributed by atoms with van der Waals surface area (Å²) in [6.07, 6.45) is 79.4. The van der Waals surface area contributed by atoms with Crippen molar-refractivity contribution in [2.45, 2.75) is 439 Å². The van der Waals surface area contributed by atoms with E-state index in [9.17, 15) is 39.6 Å². The topological polar surface area (TPSA) is 161 Å². The molecule has 0 aromatic rings. The first kappa shape index (κ1) is 91.9. The maximum atomic E-state index is 10.2. The van der Waals surface area contributed by atoms with E-state index in [1.807, 2.05) is 0 Å². The molecule has 0 radical (unpaired) electrons. The first-order valence-corrected chi connectivity index (χ1v) is 35.9. The van der Waals surface area contributed by atoms with E-state index in [0.717, 1.165) is 51.4 Å². The van der Waals surface area contributed by atoms with E-state index in [1.165, 1.54) is 334 Å². The van der Waals surface area contributed by atoms with Gasteiger partial charge in [-0.15, -0.1) is 0 Å². The van der Waals surface area contributed by atoms with Crippen LogP contribution in [0.5, 0.6) is 0 Å². The zero-order chi connectivity index (χ0) is 59.6. The minimum atomic E-state index is -0.903. The monoisotopic (exact) mass is 1250 g/mol. The second-order valence-electron chi connectivity index (χ2n) is 24.3. The molecule has 0 atom stereocenters. The molecule has 0 bridgehead atoms. The summed E-state index contributed by atoms with van der Waals surface area (Å²) in [5, 5.41) is 40.9. The van der Waals surface area contributed by atoms with Crippen LogP contribution < -0.4 is 20.4 Å². The van der Waals surface area contributed by atoms with E-state index in [1.54, 1.807) is 0 Å². The van der Waals surface area contributed by atoms with E-state index in [2.05, 4.69) is 27.7 Å². The van der Waals surface area contributed by atoms with Crippen molar-refractivity contribution in [3.8, 4) is 0 Å². The molecular weight excluding hydrogens is 1110 g/mol. The molecule has 0 aromatic carbocycles. The van der Waals surface area contributed by atoms with Gasteiger partial charge in [-0.3, -0.25) is 0 Å². The molecule has 0 heterocycles. The van der Waals surface area contributed by atoms with Crippen LogP contribution >= 0.6 is 0 Å². The Labute approximate surface area is 529 Å². The average molecular weight is 1250 g/mol. The molecule has 8 nitrogen and oxygen atoms in total. The maximum absolute atomic E-state index is 10.2. The van der Waals surface area contributed by atoms with Gasteiger partial charge >= 0.3 is 30.8 Å². The molecule has 0 rings (SSSR count). The zero-order valence-corrected chi connectivity index (χ0v) is 56.9. The van der Waals surface area contributed by atoms with Crippen LogP contribution in [0.3, 0.4) is 0 Å². The van der Waals surface area contributed by atoms with Gasteiger partial charge in [0.15, 0.2) is 0 Å². The Bertz CT molecular complexity index is 998. The normalized spacial score (nSPS) is 10.6. The van der Waals surface area contributed by atoms with Gasteiger partial charge in [0.2, 0.25) is 0 Å². The first-order chi connectivity index (χ1) is 39.1. The number of carbonyl (C=O) groups is 4. The number of aliphatic carboxylic acids is 4. The van der Waals surface area contributed by atoms with Crippen molar-refractivity contribution < 1.29 is 62.0 Å². The van der Waals surface area contributed by atoms with Gasteiger partial charge in [-0.1, -0.05) is 387 Å². The van der Waals surface area contributed by atoms with Gasteiger partial charge in [-0.25, -0.2) is 0 Å². The summed E-state index contributed by atoms with van der Waals surface area (Å²) in [4.78, 5) is 40.9. The molecular formula is C72H140AgBO8. The maximum Gasteiger partial charge on any atom is 3.00 e. The quantitative estimate of drug-likeness (QED) is 0.0430. The summed E-state index contributed by atoms with van der Waals surface area (Å²) < 4.78 is 0. The van der Waals surface area contributed by atoms with E-state index < -0.39 is 23.9 Å². The van der Waals surface area contributed by atoms with Gasteiger partial charge in [0, 0.05) is 23.9 Å². The van der Waals surface area contributed by atoms with Crippen LogP contribution in [-0.4, -0.2) is 32.3 Å². The van der Waals surface area contributed by atoms with Crippen molar-refractivity contribution >= 4 is 32.3 Å². The largest absolute Gasteiger partial charge is 3.00 e. The molecule has 10 heteroatoms. The second-order valence-corrected chi connectivity index (χ2v) is 24.3. The number of rotatable bonds is 64. The Balaban J connectivity index is -0.000000233. The Morgan fingerprint density at radius 1 is 0.171 bits per heavy atom. The summed E-state index contributed by atoms with van der Waals surface area (Å²) in [6.45, 7) is 9.07. The first-order valence-electron chi connectivity index (χ1n) is 35.9. The summed E-state index contributed by atoms with van der Waals surface area (Å²) in [7, 11) is 0. The Morgan fingerprint density at radius 3 is 0.317 bits per heavy atom. The molecule has 490 valence electrons. The van der Waals surface area contributed by atoms with Gasteiger partial charge in [-0.05, 0) is 51.4 Å². The molecule has 0 saturated carbocycles. The molecule has 0 amide bonds. The molecule has 0 saturated heterocycles. The minimum absolute atomic E-state index is 0. The number of carbonyl (C=O) groups excluding carboxylic acids is 4. The number of hydrogen-bond acceptors (Lipinski definition) is 8. The molecule has 0 unspecified atom stereocenters. The summed E-state index contributed by atoms with van der Waals surface area (Å²) in [6, 6.07) is 0. The summed E-state index contributed by atoms with van der Waals surface area (Å²) >= 11 is 0. The van der Waals surface area contributed by atoms with Crippen LogP contribution in [0.2, 0.25) is 0 Å². The van der Waals surface area contributed by atoms with Crippen molar-refractivity contribution in [3.05, 3.63) is 0 Å². The average Bonchev–Trinajstić information content (AvgIpc) is 3.43. The molecule has 0 aliphatic rings. The van der Waals surface area contributed by atoms with Crippen molar-refractivity contribution in [2.24, 2.45) is 0 Å². The smallest absolute Gasteiger partial charge is 0.550 e. The van der Waals surface area contributed by atoms with Gasteiger partial charge < -0.3 is 39.6 Å². The number of hydrogen-bond donors (Lipinski definition) is 0. The van der Waals surface area contributed by atoms with E-state index in [-0.39, 0.29) is 56.5 Å². The number of carboxylic acids is 4. The van der Waals surface area contributed by atoms with Crippen LogP contribution in [0, 0.1) is 0 Å². The fourth-order valence-corrected chi connectivity index (χ4v) is 10.6. The molecule has 0 aliphatic heterocycles. The van der Waals surface area contributed by atoms with Crippen molar-refractivity contribution in [2.75, 3.05) is 0 Å².